The number of carbonyl (C=O) groups excluding carboxylic acids is 1. The molecule has 0 saturated carbocycles. The molecule has 1 amide bonds. The fourth-order valence-electron chi connectivity index (χ4n) is 2.72. The van der Waals surface area contributed by atoms with Crippen LogP contribution in [-0.2, 0) is 14.3 Å². The zero-order valence-electron chi connectivity index (χ0n) is 11.4. The first-order valence-electron chi connectivity index (χ1n) is 7.30. The van der Waals surface area contributed by atoms with Crippen molar-refractivity contribution in [2.24, 2.45) is 0 Å². The normalized spacial score (nSPS) is 27.6. The molecular weight excluding hydrogens is 230 g/mol. The van der Waals surface area contributed by atoms with Gasteiger partial charge in [0.1, 0.15) is 0 Å². The Morgan fingerprint density at radius 1 is 1.11 bits per heavy atom. The maximum atomic E-state index is 12.1. The molecule has 4 nitrogen and oxygen atoms in total. The van der Waals surface area contributed by atoms with Crippen molar-refractivity contribution in [3.63, 3.8) is 0 Å². The predicted octanol–water partition coefficient (Wildman–Crippen LogP) is 1.97. The van der Waals surface area contributed by atoms with Crippen LogP contribution in [0.1, 0.15) is 45.4 Å². The molecular formula is C14H25NO3. The van der Waals surface area contributed by atoms with E-state index in [1.54, 1.807) is 0 Å². The third-order valence-electron chi connectivity index (χ3n) is 3.71. The summed E-state index contributed by atoms with van der Waals surface area (Å²) in [6.45, 7) is 5.24. The summed E-state index contributed by atoms with van der Waals surface area (Å²) >= 11 is 0. The Morgan fingerprint density at radius 3 is 2.06 bits per heavy atom. The van der Waals surface area contributed by atoms with Gasteiger partial charge in [-0.3, -0.25) is 4.79 Å². The van der Waals surface area contributed by atoms with E-state index < -0.39 is 0 Å². The van der Waals surface area contributed by atoms with Crippen LogP contribution in [0.4, 0.5) is 0 Å². The molecule has 104 valence electrons. The van der Waals surface area contributed by atoms with E-state index in [-0.39, 0.29) is 18.1 Å². The lowest BCUT2D eigenvalue weighted by atomic mass is 10.1. The second-order valence-corrected chi connectivity index (χ2v) is 5.32. The standard InChI is InChI=1S/C14H25NO3/c1-2-5-14(16)15(10-12-6-3-8-17-12)11-13-7-4-9-18-13/h12-13H,2-11H2,1H3. The van der Waals surface area contributed by atoms with E-state index >= 15 is 0 Å². The van der Waals surface area contributed by atoms with Gasteiger partial charge >= 0.3 is 0 Å². The van der Waals surface area contributed by atoms with E-state index in [1.165, 1.54) is 0 Å². The summed E-state index contributed by atoms with van der Waals surface area (Å²) < 4.78 is 11.3. The second kappa shape index (κ2) is 7.10. The molecule has 2 rings (SSSR count). The number of carbonyl (C=O) groups is 1. The smallest absolute Gasteiger partial charge is 0.222 e. The molecule has 2 aliphatic heterocycles. The number of rotatable bonds is 6. The molecule has 0 spiro atoms. The van der Waals surface area contributed by atoms with Gasteiger partial charge in [-0.05, 0) is 32.1 Å². The lowest BCUT2D eigenvalue weighted by molar-refractivity contribution is -0.134. The zero-order chi connectivity index (χ0) is 12.8. The Kier molecular flexibility index (Phi) is 5.45. The van der Waals surface area contributed by atoms with Gasteiger partial charge in [-0.15, -0.1) is 0 Å². The van der Waals surface area contributed by atoms with E-state index in [4.69, 9.17) is 9.47 Å². The van der Waals surface area contributed by atoms with Crippen LogP contribution >= 0.6 is 0 Å². The van der Waals surface area contributed by atoms with E-state index in [9.17, 15) is 4.79 Å². The highest BCUT2D eigenvalue weighted by atomic mass is 16.5. The Bertz CT molecular complexity index is 240. The monoisotopic (exact) mass is 255 g/mol. The highest BCUT2D eigenvalue weighted by molar-refractivity contribution is 5.76. The Balaban J connectivity index is 1.85. The van der Waals surface area contributed by atoms with Crippen molar-refractivity contribution in [1.29, 1.82) is 0 Å². The van der Waals surface area contributed by atoms with Crippen molar-refractivity contribution >= 4 is 5.91 Å². The molecule has 0 aromatic carbocycles. The SMILES string of the molecule is CCCC(=O)N(CC1CCCO1)CC1CCCO1. The van der Waals surface area contributed by atoms with Crippen molar-refractivity contribution in [3.05, 3.63) is 0 Å². The lowest BCUT2D eigenvalue weighted by Crippen LogP contribution is -2.41. The molecule has 18 heavy (non-hydrogen) atoms. The minimum absolute atomic E-state index is 0.243. The number of hydrogen-bond acceptors (Lipinski definition) is 3. The minimum Gasteiger partial charge on any atom is -0.376 e. The van der Waals surface area contributed by atoms with Crippen LogP contribution in [0.5, 0.6) is 0 Å². The Morgan fingerprint density at radius 2 is 1.67 bits per heavy atom. The molecule has 2 atom stereocenters. The summed E-state index contributed by atoms with van der Waals surface area (Å²) in [6, 6.07) is 0. The van der Waals surface area contributed by atoms with Crippen LogP contribution in [0.2, 0.25) is 0 Å². The predicted molar refractivity (Wildman–Crippen MR) is 69.4 cm³/mol. The first-order chi connectivity index (χ1) is 8.79. The van der Waals surface area contributed by atoms with Gasteiger partial charge in [0.05, 0.1) is 12.2 Å². The van der Waals surface area contributed by atoms with E-state index in [0.717, 1.165) is 58.4 Å². The third kappa shape index (κ3) is 3.95. The highest BCUT2D eigenvalue weighted by Gasteiger charge is 2.26. The minimum atomic E-state index is 0.243. The molecule has 0 aromatic heterocycles. The van der Waals surface area contributed by atoms with Crippen LogP contribution in [0.25, 0.3) is 0 Å². The van der Waals surface area contributed by atoms with Gasteiger partial charge in [-0.2, -0.15) is 0 Å². The van der Waals surface area contributed by atoms with E-state index in [1.807, 2.05) is 11.8 Å². The maximum Gasteiger partial charge on any atom is 0.222 e. The number of amides is 1. The van der Waals surface area contributed by atoms with Crippen molar-refractivity contribution < 1.29 is 14.3 Å². The molecule has 2 unspecified atom stereocenters. The summed E-state index contributed by atoms with van der Waals surface area (Å²) in [5.41, 5.74) is 0. The van der Waals surface area contributed by atoms with Gasteiger partial charge in [-0.25, -0.2) is 0 Å². The summed E-state index contributed by atoms with van der Waals surface area (Å²) in [5, 5.41) is 0. The van der Waals surface area contributed by atoms with Crippen LogP contribution < -0.4 is 0 Å². The van der Waals surface area contributed by atoms with E-state index in [0.29, 0.717) is 6.42 Å². The molecule has 0 aromatic rings. The first kappa shape index (κ1) is 13.8. The van der Waals surface area contributed by atoms with Crippen molar-refractivity contribution in [1.82, 2.24) is 4.90 Å². The molecule has 4 heteroatoms. The largest absolute Gasteiger partial charge is 0.376 e. The van der Waals surface area contributed by atoms with Gasteiger partial charge in [-0.1, -0.05) is 6.92 Å². The molecule has 2 fully saturated rings. The average molecular weight is 255 g/mol. The molecule has 0 bridgehead atoms. The van der Waals surface area contributed by atoms with Crippen molar-refractivity contribution in [2.45, 2.75) is 57.7 Å². The molecule has 2 saturated heterocycles. The maximum absolute atomic E-state index is 12.1. The van der Waals surface area contributed by atoms with Crippen LogP contribution in [0.15, 0.2) is 0 Å². The van der Waals surface area contributed by atoms with E-state index in [2.05, 4.69) is 0 Å². The summed E-state index contributed by atoms with van der Waals surface area (Å²) in [7, 11) is 0. The molecule has 0 radical (unpaired) electrons. The molecule has 0 aliphatic carbocycles. The zero-order valence-corrected chi connectivity index (χ0v) is 11.4. The highest BCUT2D eigenvalue weighted by Crippen LogP contribution is 2.18. The number of ether oxygens (including phenoxy) is 2. The topological polar surface area (TPSA) is 38.8 Å². The van der Waals surface area contributed by atoms with Crippen LogP contribution in [-0.4, -0.2) is 49.3 Å². The third-order valence-corrected chi connectivity index (χ3v) is 3.71. The van der Waals surface area contributed by atoms with Gasteiger partial charge in [0, 0.05) is 32.7 Å². The van der Waals surface area contributed by atoms with Gasteiger partial charge < -0.3 is 14.4 Å². The molecule has 2 heterocycles. The summed E-state index contributed by atoms with van der Waals surface area (Å²) in [4.78, 5) is 14.1. The first-order valence-corrected chi connectivity index (χ1v) is 7.30. The number of hydrogen-bond donors (Lipinski definition) is 0. The molecule has 0 N–H and O–H groups in total. The van der Waals surface area contributed by atoms with Gasteiger partial charge in [0.15, 0.2) is 0 Å². The van der Waals surface area contributed by atoms with Crippen LogP contribution in [0.3, 0.4) is 0 Å². The average Bonchev–Trinajstić information content (AvgIpc) is 3.01. The fourth-order valence-corrected chi connectivity index (χ4v) is 2.72. The van der Waals surface area contributed by atoms with Gasteiger partial charge in [0.2, 0.25) is 5.91 Å². The molecule has 2 aliphatic rings. The Hall–Kier alpha value is -0.610. The fraction of sp³-hybridized carbons (Fsp3) is 0.929. The van der Waals surface area contributed by atoms with Crippen molar-refractivity contribution in [2.75, 3.05) is 26.3 Å². The quantitative estimate of drug-likeness (QED) is 0.728. The summed E-state index contributed by atoms with van der Waals surface area (Å²) in [6.07, 6.45) is 6.45. The lowest BCUT2D eigenvalue weighted by Gasteiger charge is -2.27. The Labute approximate surface area is 110 Å². The van der Waals surface area contributed by atoms with Gasteiger partial charge in [0.25, 0.3) is 0 Å². The second-order valence-electron chi connectivity index (χ2n) is 5.32. The number of nitrogens with zero attached hydrogens (tertiary/aromatic N) is 1. The summed E-state index contributed by atoms with van der Waals surface area (Å²) in [5.74, 6) is 0.253. The van der Waals surface area contributed by atoms with Crippen LogP contribution in [0, 0.1) is 0 Å². The van der Waals surface area contributed by atoms with Crippen molar-refractivity contribution in [3.8, 4) is 0 Å².